The Morgan fingerprint density at radius 2 is 1.52 bits per heavy atom. The standard InChI is InChI=1S/C24H36O5/c1-2-23(25)28-19-11-6-4-3-5-10-18-27-21-14-16-22(17-15-21)29-24(26)20-12-8-7-9-13-20/h2,14,16,20H,1,3-13,15,17-19H2. The number of hydrogen-bond acceptors (Lipinski definition) is 5. The Hall–Kier alpha value is -2.04. The second-order valence-corrected chi connectivity index (χ2v) is 7.86. The van der Waals surface area contributed by atoms with E-state index < -0.39 is 0 Å². The molecule has 162 valence electrons. The first-order valence-electron chi connectivity index (χ1n) is 11.2. The number of ether oxygens (including phenoxy) is 3. The fourth-order valence-electron chi connectivity index (χ4n) is 3.70. The number of esters is 2. The normalized spacial score (nSPS) is 17.1. The van der Waals surface area contributed by atoms with Crippen LogP contribution in [-0.2, 0) is 23.8 Å². The molecule has 0 atom stereocenters. The van der Waals surface area contributed by atoms with Gasteiger partial charge in [-0.15, -0.1) is 0 Å². The molecule has 2 aliphatic rings. The Balaban J connectivity index is 1.48. The lowest BCUT2D eigenvalue weighted by Gasteiger charge is -2.21. The van der Waals surface area contributed by atoms with E-state index in [0.29, 0.717) is 6.61 Å². The number of carbonyl (C=O) groups excluding carboxylic acids is 2. The summed E-state index contributed by atoms with van der Waals surface area (Å²) in [6.07, 6.45) is 18.5. The van der Waals surface area contributed by atoms with Gasteiger partial charge < -0.3 is 14.2 Å². The molecule has 0 aromatic rings. The first-order chi connectivity index (χ1) is 14.2. The summed E-state index contributed by atoms with van der Waals surface area (Å²) in [7, 11) is 0. The van der Waals surface area contributed by atoms with Crippen LogP contribution in [0.5, 0.6) is 0 Å². The van der Waals surface area contributed by atoms with E-state index in [4.69, 9.17) is 14.2 Å². The summed E-state index contributed by atoms with van der Waals surface area (Å²) >= 11 is 0. The van der Waals surface area contributed by atoms with Gasteiger partial charge in [0.25, 0.3) is 0 Å². The molecule has 1 fully saturated rings. The van der Waals surface area contributed by atoms with E-state index >= 15 is 0 Å². The van der Waals surface area contributed by atoms with E-state index in [1.165, 1.54) is 18.9 Å². The van der Waals surface area contributed by atoms with Crippen molar-refractivity contribution in [3.63, 3.8) is 0 Å². The molecule has 1 saturated carbocycles. The van der Waals surface area contributed by atoms with Crippen LogP contribution < -0.4 is 0 Å². The van der Waals surface area contributed by atoms with Gasteiger partial charge in [0.1, 0.15) is 5.76 Å². The molecule has 5 nitrogen and oxygen atoms in total. The van der Waals surface area contributed by atoms with Crippen LogP contribution in [0.25, 0.3) is 0 Å². The molecule has 5 heteroatoms. The zero-order valence-corrected chi connectivity index (χ0v) is 17.7. The summed E-state index contributed by atoms with van der Waals surface area (Å²) in [6, 6.07) is 0. The minimum absolute atomic E-state index is 0.0485. The quantitative estimate of drug-likeness (QED) is 0.222. The van der Waals surface area contributed by atoms with Gasteiger partial charge in [0.2, 0.25) is 0 Å². The molecule has 2 rings (SSSR count). The van der Waals surface area contributed by atoms with E-state index in [0.717, 1.165) is 88.8 Å². The van der Waals surface area contributed by atoms with Gasteiger partial charge in [-0.3, -0.25) is 4.79 Å². The van der Waals surface area contributed by atoms with Crippen LogP contribution in [0.1, 0.15) is 83.5 Å². The van der Waals surface area contributed by atoms with Crippen molar-refractivity contribution in [1.82, 2.24) is 0 Å². The minimum atomic E-state index is -0.344. The van der Waals surface area contributed by atoms with Crippen molar-refractivity contribution in [1.29, 1.82) is 0 Å². The van der Waals surface area contributed by atoms with Crippen molar-refractivity contribution < 1.29 is 23.8 Å². The maximum atomic E-state index is 12.2. The van der Waals surface area contributed by atoms with Gasteiger partial charge in [-0.25, -0.2) is 4.79 Å². The van der Waals surface area contributed by atoms with Gasteiger partial charge in [0.15, 0.2) is 0 Å². The molecule has 0 saturated heterocycles. The Labute approximate surface area is 175 Å². The maximum Gasteiger partial charge on any atom is 0.330 e. The highest BCUT2D eigenvalue weighted by molar-refractivity contribution is 5.81. The molecule has 0 bridgehead atoms. The van der Waals surface area contributed by atoms with Gasteiger partial charge in [0, 0.05) is 18.9 Å². The highest BCUT2D eigenvalue weighted by Gasteiger charge is 2.24. The third-order valence-electron chi connectivity index (χ3n) is 5.48. The number of allylic oxidation sites excluding steroid dienone is 4. The third kappa shape index (κ3) is 9.82. The zero-order chi connectivity index (χ0) is 20.7. The van der Waals surface area contributed by atoms with Gasteiger partial charge in [-0.05, 0) is 37.8 Å². The Kier molecular flexibility index (Phi) is 11.2. The van der Waals surface area contributed by atoms with Gasteiger partial charge >= 0.3 is 11.9 Å². The maximum absolute atomic E-state index is 12.2. The van der Waals surface area contributed by atoms with E-state index in [9.17, 15) is 9.59 Å². The van der Waals surface area contributed by atoms with Crippen LogP contribution in [0.2, 0.25) is 0 Å². The zero-order valence-electron chi connectivity index (χ0n) is 17.7. The fraction of sp³-hybridized carbons (Fsp3) is 0.667. The molecule has 0 aromatic heterocycles. The van der Waals surface area contributed by atoms with Crippen molar-refractivity contribution in [3.8, 4) is 0 Å². The molecule has 0 aliphatic heterocycles. The van der Waals surface area contributed by atoms with Crippen LogP contribution in [0, 0.1) is 5.92 Å². The van der Waals surface area contributed by atoms with E-state index in [1.54, 1.807) is 0 Å². The van der Waals surface area contributed by atoms with Crippen molar-refractivity contribution in [3.05, 3.63) is 36.3 Å². The van der Waals surface area contributed by atoms with Crippen LogP contribution in [0.4, 0.5) is 0 Å². The molecule has 29 heavy (non-hydrogen) atoms. The summed E-state index contributed by atoms with van der Waals surface area (Å²) in [6.45, 7) is 4.58. The third-order valence-corrected chi connectivity index (χ3v) is 5.48. The predicted octanol–water partition coefficient (Wildman–Crippen LogP) is 5.76. The van der Waals surface area contributed by atoms with E-state index in [2.05, 4.69) is 6.58 Å². The highest BCUT2D eigenvalue weighted by atomic mass is 16.5. The van der Waals surface area contributed by atoms with Crippen molar-refractivity contribution in [2.75, 3.05) is 13.2 Å². The largest absolute Gasteiger partial charge is 0.498 e. The predicted molar refractivity (Wildman–Crippen MR) is 113 cm³/mol. The van der Waals surface area contributed by atoms with E-state index in [1.807, 2.05) is 12.2 Å². The van der Waals surface area contributed by atoms with Crippen molar-refractivity contribution in [2.45, 2.75) is 83.5 Å². The summed E-state index contributed by atoms with van der Waals surface area (Å²) in [5.41, 5.74) is 0. The minimum Gasteiger partial charge on any atom is -0.498 e. The topological polar surface area (TPSA) is 61.8 Å². The lowest BCUT2D eigenvalue weighted by atomic mass is 9.89. The Morgan fingerprint density at radius 3 is 2.17 bits per heavy atom. The summed E-state index contributed by atoms with van der Waals surface area (Å²) in [5, 5.41) is 0. The molecule has 0 unspecified atom stereocenters. The summed E-state index contributed by atoms with van der Waals surface area (Å²) in [4.78, 5) is 23.1. The number of carbonyl (C=O) groups is 2. The molecular weight excluding hydrogens is 368 g/mol. The second kappa shape index (κ2) is 14.0. The van der Waals surface area contributed by atoms with Crippen LogP contribution in [0.3, 0.4) is 0 Å². The molecular formula is C24H36O5. The molecule has 0 aromatic carbocycles. The molecule has 0 spiro atoms. The smallest absolute Gasteiger partial charge is 0.330 e. The number of hydrogen-bond donors (Lipinski definition) is 0. The van der Waals surface area contributed by atoms with Gasteiger partial charge in [-0.1, -0.05) is 51.5 Å². The number of rotatable bonds is 13. The first-order valence-corrected chi connectivity index (χ1v) is 11.2. The van der Waals surface area contributed by atoms with Crippen LogP contribution in [0.15, 0.2) is 36.3 Å². The van der Waals surface area contributed by atoms with Crippen molar-refractivity contribution in [2.24, 2.45) is 5.92 Å². The molecule has 0 amide bonds. The van der Waals surface area contributed by atoms with E-state index in [-0.39, 0.29) is 17.9 Å². The highest BCUT2D eigenvalue weighted by Crippen LogP contribution is 2.27. The molecule has 2 aliphatic carbocycles. The lowest BCUT2D eigenvalue weighted by molar-refractivity contribution is -0.145. The fourth-order valence-corrected chi connectivity index (χ4v) is 3.70. The first kappa shape index (κ1) is 23.2. The molecule has 0 radical (unpaired) electrons. The van der Waals surface area contributed by atoms with Gasteiger partial charge in [0.05, 0.1) is 24.9 Å². The number of unbranched alkanes of at least 4 members (excludes halogenated alkanes) is 5. The second-order valence-electron chi connectivity index (χ2n) is 7.86. The lowest BCUT2D eigenvalue weighted by Crippen LogP contribution is -2.20. The van der Waals surface area contributed by atoms with Crippen LogP contribution >= 0.6 is 0 Å². The van der Waals surface area contributed by atoms with Gasteiger partial charge in [-0.2, -0.15) is 0 Å². The van der Waals surface area contributed by atoms with Crippen molar-refractivity contribution >= 4 is 11.9 Å². The Morgan fingerprint density at radius 1 is 0.897 bits per heavy atom. The summed E-state index contributed by atoms with van der Waals surface area (Å²) in [5.74, 6) is 1.45. The average molecular weight is 405 g/mol. The Bertz CT molecular complexity index is 584. The monoisotopic (exact) mass is 404 g/mol. The SMILES string of the molecule is C=CC(=O)OCCCCCCCCOC1=CC=C(OC(=O)C2CCCCC2)CC1. The average Bonchev–Trinajstić information content (AvgIpc) is 2.76. The molecule has 0 N–H and O–H groups in total. The summed E-state index contributed by atoms with van der Waals surface area (Å²) < 4.78 is 16.4. The molecule has 0 heterocycles. The van der Waals surface area contributed by atoms with Crippen LogP contribution in [-0.4, -0.2) is 25.2 Å².